The second-order valence-corrected chi connectivity index (χ2v) is 12.4. The Morgan fingerprint density at radius 2 is 1.58 bits per heavy atom. The van der Waals surface area contributed by atoms with E-state index in [1.807, 2.05) is 0 Å². The summed E-state index contributed by atoms with van der Waals surface area (Å²) in [7, 11) is -3.67. The van der Waals surface area contributed by atoms with E-state index in [0.29, 0.717) is 57.8 Å². The molecule has 4 rings (SSSR count). The van der Waals surface area contributed by atoms with Crippen molar-refractivity contribution in [3.05, 3.63) is 17.0 Å². The second kappa shape index (κ2) is 11.3. The van der Waals surface area contributed by atoms with Gasteiger partial charge in [-0.25, -0.2) is 8.42 Å². The van der Waals surface area contributed by atoms with Crippen molar-refractivity contribution in [2.75, 3.05) is 39.4 Å². The van der Waals surface area contributed by atoms with Gasteiger partial charge in [0.25, 0.3) is 15.9 Å². The SMILES string of the molecule is O=C(NC1CCCCCCC1)C1CCN(S(=O)(=O)c2cc(C(=O)N3CCOCC3)cs2)CC1. The van der Waals surface area contributed by atoms with Gasteiger partial charge in [-0.2, -0.15) is 4.31 Å². The molecule has 1 aliphatic carbocycles. The molecule has 3 aliphatic rings. The van der Waals surface area contributed by atoms with Crippen LogP contribution in [0, 0.1) is 5.92 Å². The molecule has 0 atom stereocenters. The topological polar surface area (TPSA) is 96.0 Å². The average molecular weight is 498 g/mol. The molecule has 3 fully saturated rings. The van der Waals surface area contributed by atoms with Gasteiger partial charge in [-0.05, 0) is 31.7 Å². The molecule has 184 valence electrons. The minimum Gasteiger partial charge on any atom is -0.378 e. The maximum atomic E-state index is 13.2. The maximum Gasteiger partial charge on any atom is 0.254 e. The summed E-state index contributed by atoms with van der Waals surface area (Å²) < 4.78 is 33.2. The number of piperidine rings is 1. The number of morpholine rings is 1. The van der Waals surface area contributed by atoms with Crippen LogP contribution in [0.15, 0.2) is 15.7 Å². The Hall–Kier alpha value is -1.49. The van der Waals surface area contributed by atoms with E-state index in [9.17, 15) is 18.0 Å². The van der Waals surface area contributed by atoms with Crippen molar-refractivity contribution in [3.63, 3.8) is 0 Å². The van der Waals surface area contributed by atoms with Gasteiger partial charge in [0.1, 0.15) is 4.21 Å². The summed E-state index contributed by atoms with van der Waals surface area (Å²) in [5.41, 5.74) is 0.411. The molecule has 0 bridgehead atoms. The number of thiophene rings is 1. The van der Waals surface area contributed by atoms with Gasteiger partial charge in [0.15, 0.2) is 0 Å². The molecule has 1 aromatic heterocycles. The van der Waals surface area contributed by atoms with Crippen molar-refractivity contribution >= 4 is 33.2 Å². The molecule has 0 aromatic carbocycles. The standard InChI is InChI=1S/C23H35N3O5S2/c27-22(24-20-6-4-2-1-3-5-7-20)18-8-10-26(11-9-18)33(29,30)21-16-19(17-32-21)23(28)25-12-14-31-15-13-25/h16-18,20H,1-15H2,(H,24,27). The highest BCUT2D eigenvalue weighted by atomic mass is 32.2. The number of nitrogens with one attached hydrogen (secondary N) is 1. The van der Waals surface area contributed by atoms with Gasteiger partial charge >= 0.3 is 0 Å². The third-order valence-corrected chi connectivity index (χ3v) is 10.3. The maximum absolute atomic E-state index is 13.2. The minimum absolute atomic E-state index is 0.0761. The Bertz CT molecular complexity index is 910. The first-order valence-electron chi connectivity index (χ1n) is 12.2. The van der Waals surface area contributed by atoms with Crippen LogP contribution < -0.4 is 5.32 Å². The number of amides is 2. The van der Waals surface area contributed by atoms with Gasteiger partial charge in [0.2, 0.25) is 5.91 Å². The summed E-state index contributed by atoms with van der Waals surface area (Å²) in [5.74, 6) is -0.212. The number of nitrogens with zero attached hydrogens (tertiary/aromatic N) is 2. The molecule has 0 spiro atoms. The van der Waals surface area contributed by atoms with Gasteiger partial charge in [-0.3, -0.25) is 9.59 Å². The first kappa shape index (κ1) is 24.6. The van der Waals surface area contributed by atoms with Crippen molar-refractivity contribution in [1.29, 1.82) is 0 Å². The normalized spacial score (nSPS) is 22.5. The van der Waals surface area contributed by atoms with Crippen LogP contribution in [0.4, 0.5) is 0 Å². The lowest BCUT2D eigenvalue weighted by molar-refractivity contribution is -0.127. The van der Waals surface area contributed by atoms with E-state index < -0.39 is 10.0 Å². The van der Waals surface area contributed by atoms with Crippen LogP contribution in [0.5, 0.6) is 0 Å². The fourth-order valence-electron chi connectivity index (χ4n) is 4.92. The molecular formula is C23H35N3O5S2. The molecule has 0 unspecified atom stereocenters. The summed E-state index contributed by atoms with van der Waals surface area (Å²) in [6, 6.07) is 1.75. The highest BCUT2D eigenvalue weighted by molar-refractivity contribution is 7.91. The molecule has 0 radical (unpaired) electrons. The third-order valence-electron chi connectivity index (χ3n) is 6.99. The Kier molecular flexibility index (Phi) is 8.43. The molecule has 2 amide bonds. The number of hydrogen-bond acceptors (Lipinski definition) is 6. The van der Waals surface area contributed by atoms with Crippen LogP contribution in [0.3, 0.4) is 0 Å². The quantitative estimate of drug-likeness (QED) is 0.675. The van der Waals surface area contributed by atoms with Crippen LogP contribution in [-0.2, 0) is 19.6 Å². The first-order chi connectivity index (χ1) is 15.9. The fraction of sp³-hybridized carbons (Fsp3) is 0.739. The van der Waals surface area contributed by atoms with E-state index in [1.165, 1.54) is 42.5 Å². The Morgan fingerprint density at radius 1 is 0.939 bits per heavy atom. The number of hydrogen-bond donors (Lipinski definition) is 1. The van der Waals surface area contributed by atoms with Crippen LogP contribution >= 0.6 is 11.3 Å². The van der Waals surface area contributed by atoms with Crippen LogP contribution in [0.25, 0.3) is 0 Å². The predicted octanol–water partition coefficient (Wildman–Crippen LogP) is 2.85. The number of ether oxygens (including phenoxy) is 1. The summed E-state index contributed by atoms with van der Waals surface area (Å²) in [6.07, 6.45) is 9.25. The highest BCUT2D eigenvalue weighted by Crippen LogP contribution is 2.29. The molecule has 1 saturated carbocycles. The van der Waals surface area contributed by atoms with E-state index in [0.717, 1.165) is 24.2 Å². The lowest BCUT2D eigenvalue weighted by Gasteiger charge is -2.31. The summed E-state index contributed by atoms with van der Waals surface area (Å²) in [4.78, 5) is 27.2. The first-order valence-corrected chi connectivity index (χ1v) is 14.5. The summed E-state index contributed by atoms with van der Waals surface area (Å²) in [6.45, 7) is 2.71. The molecule has 1 aromatic rings. The summed E-state index contributed by atoms with van der Waals surface area (Å²) in [5, 5.41) is 4.86. The zero-order valence-electron chi connectivity index (χ0n) is 19.2. The Labute approximate surface area is 200 Å². The third kappa shape index (κ3) is 6.15. The van der Waals surface area contributed by atoms with E-state index in [1.54, 1.807) is 10.3 Å². The van der Waals surface area contributed by atoms with Crippen LogP contribution in [-0.4, -0.2) is 74.9 Å². The molecule has 10 heteroatoms. The number of rotatable bonds is 5. The molecule has 3 heterocycles. The van der Waals surface area contributed by atoms with E-state index in [4.69, 9.17) is 4.74 Å². The molecular weight excluding hydrogens is 462 g/mol. The largest absolute Gasteiger partial charge is 0.378 e. The smallest absolute Gasteiger partial charge is 0.254 e. The number of carbonyl (C=O) groups excluding carboxylic acids is 2. The van der Waals surface area contributed by atoms with Crippen molar-refractivity contribution in [2.24, 2.45) is 5.92 Å². The van der Waals surface area contributed by atoms with Gasteiger partial charge in [0.05, 0.1) is 18.8 Å². The van der Waals surface area contributed by atoms with Gasteiger partial charge < -0.3 is 15.0 Å². The molecule has 2 saturated heterocycles. The minimum atomic E-state index is -3.67. The molecule has 8 nitrogen and oxygen atoms in total. The Balaban J connectivity index is 1.31. The predicted molar refractivity (Wildman–Crippen MR) is 127 cm³/mol. The fourth-order valence-corrected chi connectivity index (χ4v) is 7.69. The second-order valence-electron chi connectivity index (χ2n) is 9.29. The van der Waals surface area contributed by atoms with Crippen LogP contribution in [0.1, 0.15) is 68.1 Å². The van der Waals surface area contributed by atoms with Gasteiger partial charge in [0, 0.05) is 43.5 Å². The van der Waals surface area contributed by atoms with Crippen molar-refractivity contribution in [2.45, 2.75) is 68.0 Å². The number of carbonyl (C=O) groups is 2. The molecule has 1 N–H and O–H groups in total. The summed E-state index contributed by atoms with van der Waals surface area (Å²) >= 11 is 1.09. The monoisotopic (exact) mass is 497 g/mol. The zero-order chi connectivity index (χ0) is 23.3. The van der Waals surface area contributed by atoms with Crippen LogP contribution in [0.2, 0.25) is 0 Å². The number of sulfonamides is 1. The van der Waals surface area contributed by atoms with Gasteiger partial charge in [-0.1, -0.05) is 32.1 Å². The highest BCUT2D eigenvalue weighted by Gasteiger charge is 2.34. The van der Waals surface area contributed by atoms with E-state index >= 15 is 0 Å². The molecule has 2 aliphatic heterocycles. The molecule has 33 heavy (non-hydrogen) atoms. The lowest BCUT2D eigenvalue weighted by Crippen LogP contribution is -2.45. The zero-order valence-corrected chi connectivity index (χ0v) is 20.8. The lowest BCUT2D eigenvalue weighted by atomic mass is 9.94. The van der Waals surface area contributed by atoms with Crippen molar-refractivity contribution < 1.29 is 22.7 Å². The van der Waals surface area contributed by atoms with Crippen molar-refractivity contribution in [3.8, 4) is 0 Å². The van der Waals surface area contributed by atoms with E-state index in [-0.39, 0.29) is 28.0 Å². The van der Waals surface area contributed by atoms with Gasteiger partial charge in [-0.15, -0.1) is 11.3 Å². The average Bonchev–Trinajstić information content (AvgIpc) is 3.32. The van der Waals surface area contributed by atoms with E-state index in [2.05, 4.69) is 5.32 Å². The Morgan fingerprint density at radius 3 is 2.24 bits per heavy atom. The van der Waals surface area contributed by atoms with Crippen molar-refractivity contribution in [1.82, 2.24) is 14.5 Å².